The smallest absolute Gasteiger partial charge is 0.335 e. The summed E-state index contributed by atoms with van der Waals surface area (Å²) in [6.45, 7) is 2.14. The summed E-state index contributed by atoms with van der Waals surface area (Å²) >= 11 is 0. The quantitative estimate of drug-likeness (QED) is 0.668. The molecule has 0 radical (unpaired) electrons. The molecule has 0 spiro atoms. The highest BCUT2D eigenvalue weighted by Gasteiger charge is 2.10. The predicted octanol–water partition coefficient (Wildman–Crippen LogP) is 0.371. The summed E-state index contributed by atoms with van der Waals surface area (Å²) in [5.74, 6) is -1.01. The first kappa shape index (κ1) is 14.6. The molecule has 0 aliphatic heterocycles. The molecule has 0 aliphatic rings. The van der Waals surface area contributed by atoms with Crippen molar-refractivity contribution in [3.05, 3.63) is 35.4 Å². The molecule has 100 valence electrons. The van der Waals surface area contributed by atoms with Crippen molar-refractivity contribution in [2.75, 3.05) is 13.1 Å². The summed E-state index contributed by atoms with van der Waals surface area (Å²) in [4.78, 5) is 10.9. The van der Waals surface area contributed by atoms with Gasteiger partial charge in [-0.15, -0.1) is 0 Å². The van der Waals surface area contributed by atoms with Crippen molar-refractivity contribution >= 4 is 16.2 Å². The van der Waals surface area contributed by atoms with Crippen molar-refractivity contribution in [1.29, 1.82) is 0 Å². The van der Waals surface area contributed by atoms with E-state index in [1.54, 1.807) is 25.1 Å². The van der Waals surface area contributed by atoms with Crippen LogP contribution >= 0.6 is 0 Å². The molecule has 0 amide bonds. The van der Waals surface area contributed by atoms with Crippen LogP contribution in [0.15, 0.2) is 24.3 Å². The van der Waals surface area contributed by atoms with Crippen LogP contribution in [0.5, 0.6) is 0 Å². The number of benzene rings is 1. The lowest BCUT2D eigenvalue weighted by Crippen LogP contribution is -2.37. The van der Waals surface area contributed by atoms with E-state index in [0.717, 1.165) is 0 Å². The zero-order valence-corrected chi connectivity index (χ0v) is 10.8. The van der Waals surface area contributed by atoms with Crippen LogP contribution in [0.3, 0.4) is 0 Å². The molecule has 0 unspecified atom stereocenters. The second kappa shape index (κ2) is 6.48. The summed E-state index contributed by atoms with van der Waals surface area (Å²) in [5.41, 5.74) is 0.796. The zero-order valence-electron chi connectivity index (χ0n) is 10.0. The molecule has 0 saturated carbocycles. The predicted molar refractivity (Wildman–Crippen MR) is 67.7 cm³/mol. The molecule has 1 aromatic carbocycles. The minimum absolute atomic E-state index is 0.152. The van der Waals surface area contributed by atoms with E-state index in [0.29, 0.717) is 18.5 Å². The SMILES string of the molecule is CCNS(=O)(=O)NCCc1ccccc1C(=O)O. The normalized spacial score (nSPS) is 11.4. The third kappa shape index (κ3) is 4.44. The van der Waals surface area contributed by atoms with Gasteiger partial charge in [0.15, 0.2) is 0 Å². The van der Waals surface area contributed by atoms with Gasteiger partial charge >= 0.3 is 5.97 Å². The Morgan fingerprint density at radius 3 is 2.56 bits per heavy atom. The fourth-order valence-electron chi connectivity index (χ4n) is 1.51. The molecule has 1 aromatic rings. The first-order valence-corrected chi connectivity index (χ1v) is 7.00. The fourth-order valence-corrected chi connectivity index (χ4v) is 2.36. The molecular formula is C11H16N2O4S. The van der Waals surface area contributed by atoms with E-state index in [2.05, 4.69) is 9.44 Å². The van der Waals surface area contributed by atoms with Gasteiger partial charge in [0.1, 0.15) is 0 Å². The highest BCUT2D eigenvalue weighted by molar-refractivity contribution is 7.87. The molecule has 0 atom stereocenters. The molecule has 0 heterocycles. The van der Waals surface area contributed by atoms with Crippen molar-refractivity contribution in [2.45, 2.75) is 13.3 Å². The van der Waals surface area contributed by atoms with Gasteiger partial charge in [0.25, 0.3) is 10.2 Å². The van der Waals surface area contributed by atoms with Gasteiger partial charge in [0.2, 0.25) is 0 Å². The lowest BCUT2D eigenvalue weighted by atomic mass is 10.1. The van der Waals surface area contributed by atoms with E-state index in [1.807, 2.05) is 0 Å². The van der Waals surface area contributed by atoms with Crippen LogP contribution in [0.25, 0.3) is 0 Å². The Hall–Kier alpha value is -1.44. The third-order valence-electron chi connectivity index (χ3n) is 2.27. The highest BCUT2D eigenvalue weighted by Crippen LogP contribution is 2.08. The zero-order chi connectivity index (χ0) is 13.6. The number of nitrogens with one attached hydrogen (secondary N) is 2. The summed E-state index contributed by atoms with van der Waals surface area (Å²) in [6, 6.07) is 6.53. The molecule has 7 heteroatoms. The summed E-state index contributed by atoms with van der Waals surface area (Å²) < 4.78 is 27.2. The number of hydrogen-bond donors (Lipinski definition) is 3. The van der Waals surface area contributed by atoms with Crippen LogP contribution in [0, 0.1) is 0 Å². The average molecular weight is 272 g/mol. The van der Waals surface area contributed by atoms with Crippen molar-refractivity contribution in [3.8, 4) is 0 Å². The lowest BCUT2D eigenvalue weighted by Gasteiger charge is -2.08. The van der Waals surface area contributed by atoms with Crippen molar-refractivity contribution in [3.63, 3.8) is 0 Å². The maximum absolute atomic E-state index is 11.3. The Morgan fingerprint density at radius 1 is 1.28 bits per heavy atom. The van der Waals surface area contributed by atoms with E-state index in [4.69, 9.17) is 5.11 Å². The van der Waals surface area contributed by atoms with Gasteiger partial charge < -0.3 is 5.11 Å². The monoisotopic (exact) mass is 272 g/mol. The standard InChI is InChI=1S/C11H16N2O4S/c1-2-12-18(16,17)13-8-7-9-5-3-4-6-10(9)11(14)15/h3-6,12-13H,2,7-8H2,1H3,(H,14,15). The van der Waals surface area contributed by atoms with Gasteiger partial charge in [-0.05, 0) is 18.1 Å². The molecule has 0 fully saturated rings. The average Bonchev–Trinajstić information content (AvgIpc) is 2.29. The first-order chi connectivity index (χ1) is 8.46. The topological polar surface area (TPSA) is 95.5 Å². The first-order valence-electron chi connectivity index (χ1n) is 5.51. The highest BCUT2D eigenvalue weighted by atomic mass is 32.2. The minimum atomic E-state index is -3.48. The number of hydrogen-bond acceptors (Lipinski definition) is 3. The van der Waals surface area contributed by atoms with Crippen molar-refractivity contribution in [1.82, 2.24) is 9.44 Å². The van der Waals surface area contributed by atoms with Crippen LogP contribution < -0.4 is 9.44 Å². The molecule has 0 aromatic heterocycles. The molecular weight excluding hydrogens is 256 g/mol. The van der Waals surface area contributed by atoms with Crippen molar-refractivity contribution < 1.29 is 18.3 Å². The Kier molecular flexibility index (Phi) is 5.26. The Bertz CT molecular complexity index is 514. The van der Waals surface area contributed by atoms with Crippen LogP contribution in [0.4, 0.5) is 0 Å². The van der Waals surface area contributed by atoms with Gasteiger partial charge in [0, 0.05) is 13.1 Å². The van der Waals surface area contributed by atoms with Crippen LogP contribution in [-0.2, 0) is 16.6 Å². The van der Waals surface area contributed by atoms with Gasteiger partial charge in [-0.1, -0.05) is 25.1 Å². The van der Waals surface area contributed by atoms with Gasteiger partial charge in [0.05, 0.1) is 5.56 Å². The lowest BCUT2D eigenvalue weighted by molar-refractivity contribution is 0.0695. The van der Waals surface area contributed by atoms with E-state index < -0.39 is 16.2 Å². The largest absolute Gasteiger partial charge is 0.478 e. The number of carboxylic acid groups (broad SMARTS) is 1. The molecule has 3 N–H and O–H groups in total. The molecule has 6 nitrogen and oxygen atoms in total. The van der Waals surface area contributed by atoms with Crippen LogP contribution in [-0.4, -0.2) is 32.6 Å². The second-order valence-corrected chi connectivity index (χ2v) is 5.19. The van der Waals surface area contributed by atoms with Gasteiger partial charge in [-0.25, -0.2) is 14.2 Å². The summed E-state index contributed by atoms with van der Waals surface area (Å²) in [6.07, 6.45) is 0.326. The maximum Gasteiger partial charge on any atom is 0.335 e. The maximum atomic E-state index is 11.3. The number of carbonyl (C=O) groups is 1. The molecule has 0 saturated heterocycles. The van der Waals surface area contributed by atoms with Gasteiger partial charge in [-0.3, -0.25) is 0 Å². The van der Waals surface area contributed by atoms with Crippen molar-refractivity contribution in [2.24, 2.45) is 0 Å². The Morgan fingerprint density at radius 2 is 1.94 bits per heavy atom. The van der Waals surface area contributed by atoms with Crippen LogP contribution in [0.1, 0.15) is 22.8 Å². The van der Waals surface area contributed by atoms with E-state index in [1.165, 1.54) is 6.07 Å². The third-order valence-corrected chi connectivity index (χ3v) is 3.52. The molecule has 0 aliphatic carbocycles. The Labute approximate surface area is 106 Å². The second-order valence-electron chi connectivity index (χ2n) is 3.61. The van der Waals surface area contributed by atoms with E-state index in [-0.39, 0.29) is 12.1 Å². The number of rotatable bonds is 7. The summed E-state index contributed by atoms with van der Waals surface area (Å²) in [7, 11) is -3.48. The Balaban J connectivity index is 2.62. The van der Waals surface area contributed by atoms with E-state index >= 15 is 0 Å². The number of carboxylic acids is 1. The molecule has 0 bridgehead atoms. The van der Waals surface area contributed by atoms with Gasteiger partial charge in [-0.2, -0.15) is 8.42 Å². The van der Waals surface area contributed by atoms with E-state index in [9.17, 15) is 13.2 Å². The molecule has 1 rings (SSSR count). The fraction of sp³-hybridized carbons (Fsp3) is 0.364. The number of aromatic carboxylic acids is 1. The minimum Gasteiger partial charge on any atom is -0.478 e. The van der Waals surface area contributed by atoms with Crippen LogP contribution in [0.2, 0.25) is 0 Å². The summed E-state index contributed by atoms with van der Waals surface area (Å²) in [5, 5.41) is 8.96. The molecule has 18 heavy (non-hydrogen) atoms.